The highest BCUT2D eigenvalue weighted by Crippen LogP contribution is 2.39. The molecular formula is C14H12N4O3S4. The second kappa shape index (κ2) is 8.52. The molecule has 0 unspecified atom stereocenters. The number of nitrogens with one attached hydrogen (secondary N) is 3. The van der Waals surface area contributed by atoms with Crippen LogP contribution in [0.1, 0.15) is 0 Å². The van der Waals surface area contributed by atoms with Gasteiger partial charge in [0.05, 0.1) is 19.8 Å². The molecule has 2 aromatic rings. The van der Waals surface area contributed by atoms with Gasteiger partial charge in [0.1, 0.15) is 0 Å². The zero-order valence-corrected chi connectivity index (χ0v) is 15.9. The lowest BCUT2D eigenvalue weighted by molar-refractivity contribution is -0.138. The van der Waals surface area contributed by atoms with Crippen LogP contribution in [0.25, 0.3) is 0 Å². The number of para-hydroxylation sites is 1. The van der Waals surface area contributed by atoms with E-state index in [2.05, 4.69) is 21.4 Å². The van der Waals surface area contributed by atoms with Crippen molar-refractivity contribution < 1.29 is 9.59 Å². The lowest BCUT2D eigenvalue weighted by atomic mass is 10.3. The van der Waals surface area contributed by atoms with Gasteiger partial charge in [0, 0.05) is 11.5 Å². The van der Waals surface area contributed by atoms with Crippen LogP contribution >= 0.6 is 46.2 Å². The van der Waals surface area contributed by atoms with Gasteiger partial charge >= 0.3 is 11.8 Å². The quantitative estimate of drug-likeness (QED) is 0.527. The van der Waals surface area contributed by atoms with Crippen molar-refractivity contribution in [2.75, 3.05) is 16.9 Å². The van der Waals surface area contributed by atoms with E-state index in [1.807, 2.05) is 6.07 Å². The van der Waals surface area contributed by atoms with E-state index in [0.717, 1.165) is 14.1 Å². The monoisotopic (exact) mass is 412 g/mol. The number of fused-ring (bicyclic) bond motifs is 1. The van der Waals surface area contributed by atoms with Gasteiger partial charge in [0.25, 0.3) is 4.06 Å². The molecule has 0 spiro atoms. The molecule has 0 bridgehead atoms. The molecule has 0 radical (unpaired) electrons. The third-order valence-electron chi connectivity index (χ3n) is 2.87. The van der Waals surface area contributed by atoms with E-state index < -0.39 is 11.8 Å². The van der Waals surface area contributed by atoms with Crippen LogP contribution in [-0.2, 0) is 9.59 Å². The van der Waals surface area contributed by atoms with Gasteiger partial charge in [0.15, 0.2) is 0 Å². The molecule has 0 saturated heterocycles. The van der Waals surface area contributed by atoms with Crippen molar-refractivity contribution in [1.29, 1.82) is 0 Å². The van der Waals surface area contributed by atoms with Crippen LogP contribution in [0, 0.1) is 0 Å². The zero-order chi connectivity index (χ0) is 17.6. The Morgan fingerprint density at radius 3 is 2.24 bits per heavy atom. The van der Waals surface area contributed by atoms with Crippen LogP contribution < -0.4 is 20.3 Å². The normalized spacial score (nSPS) is 13.4. The van der Waals surface area contributed by atoms with Crippen molar-refractivity contribution in [3.05, 3.63) is 39.2 Å². The first kappa shape index (κ1) is 18.0. The first-order valence-corrected chi connectivity index (χ1v) is 10.6. The fourth-order valence-electron chi connectivity index (χ4n) is 1.72. The zero-order valence-electron chi connectivity index (χ0n) is 12.6. The van der Waals surface area contributed by atoms with E-state index in [1.54, 1.807) is 24.3 Å². The lowest BCUT2D eigenvalue weighted by Gasteiger charge is -2.07. The van der Waals surface area contributed by atoms with Crippen molar-refractivity contribution in [3.63, 3.8) is 0 Å². The van der Waals surface area contributed by atoms with E-state index >= 15 is 0 Å². The Kier molecular flexibility index (Phi) is 6.13. The number of thioether (sulfide) groups is 2. The van der Waals surface area contributed by atoms with Crippen molar-refractivity contribution in [3.8, 4) is 0 Å². The first-order chi connectivity index (χ1) is 12.1. The fraction of sp³-hybridized carbons (Fsp3) is 0.143. The van der Waals surface area contributed by atoms with E-state index in [1.165, 1.54) is 46.2 Å². The molecule has 1 aromatic carbocycles. The van der Waals surface area contributed by atoms with Gasteiger partial charge in [-0.2, -0.15) is 5.10 Å². The number of hydrogen-bond acceptors (Lipinski definition) is 9. The minimum atomic E-state index is -0.852. The van der Waals surface area contributed by atoms with Crippen molar-refractivity contribution >= 4 is 69.4 Å². The van der Waals surface area contributed by atoms with Crippen LogP contribution in [0.4, 0.5) is 5.69 Å². The summed E-state index contributed by atoms with van der Waals surface area (Å²) in [6, 6.07) is 8.96. The summed E-state index contributed by atoms with van der Waals surface area (Å²) in [4.78, 5) is 34.9. The van der Waals surface area contributed by atoms with E-state index in [9.17, 15) is 14.4 Å². The Morgan fingerprint density at radius 1 is 0.960 bits per heavy atom. The van der Waals surface area contributed by atoms with Crippen LogP contribution in [0.5, 0.6) is 0 Å². The summed E-state index contributed by atoms with van der Waals surface area (Å²) >= 11 is 5.50. The third kappa shape index (κ3) is 5.08. The standard InChI is InChI=1S/C14H12N4O3S4/c19-10(17-15-8-4-2-1-3-5-8)11(20)18-16-9-6-22-12-13(23-7-9)25-14(21)24-12/h1-5,15H,6-7H2,(H,17,19)(H,18,20). The van der Waals surface area contributed by atoms with Crippen molar-refractivity contribution in [2.45, 2.75) is 8.42 Å². The molecule has 1 aromatic heterocycles. The maximum Gasteiger partial charge on any atom is 0.331 e. The topological polar surface area (TPSA) is 99.7 Å². The number of hydrazine groups is 1. The second-order valence-corrected chi connectivity index (χ2v) is 9.38. The largest absolute Gasteiger partial charge is 0.331 e. The Labute approximate surface area is 159 Å². The molecule has 0 atom stereocenters. The maximum absolute atomic E-state index is 11.8. The molecule has 7 nitrogen and oxygen atoms in total. The Hall–Kier alpha value is -1.82. The maximum atomic E-state index is 11.8. The van der Waals surface area contributed by atoms with E-state index in [-0.39, 0.29) is 4.06 Å². The molecule has 2 heterocycles. The predicted molar refractivity (Wildman–Crippen MR) is 104 cm³/mol. The average Bonchev–Trinajstić information content (AvgIpc) is 2.88. The van der Waals surface area contributed by atoms with Crippen molar-refractivity contribution in [2.24, 2.45) is 5.10 Å². The van der Waals surface area contributed by atoms with Gasteiger partial charge in [-0.1, -0.05) is 40.9 Å². The SMILES string of the molecule is O=C(NN=C1CSc2sc(=O)sc2SC1)C(=O)NNc1ccccc1. The molecule has 3 N–H and O–H groups in total. The molecule has 3 rings (SSSR count). The van der Waals surface area contributed by atoms with Gasteiger partial charge in [0.2, 0.25) is 0 Å². The number of hydrazone groups is 1. The molecule has 0 fully saturated rings. The molecule has 1 aliphatic rings. The van der Waals surface area contributed by atoms with Crippen LogP contribution in [0.2, 0.25) is 0 Å². The summed E-state index contributed by atoms with van der Waals surface area (Å²) in [7, 11) is 0. The number of carbonyl (C=O) groups excluding carboxylic acids is 2. The van der Waals surface area contributed by atoms with Gasteiger partial charge in [-0.05, 0) is 12.1 Å². The van der Waals surface area contributed by atoms with E-state index in [0.29, 0.717) is 17.2 Å². The van der Waals surface area contributed by atoms with E-state index in [4.69, 9.17) is 0 Å². The number of amides is 2. The molecule has 130 valence electrons. The average molecular weight is 413 g/mol. The molecule has 0 aliphatic carbocycles. The van der Waals surface area contributed by atoms with Gasteiger partial charge in [-0.3, -0.25) is 25.2 Å². The summed E-state index contributed by atoms with van der Waals surface area (Å²) in [5.74, 6) is -0.553. The lowest BCUT2D eigenvalue weighted by Crippen LogP contribution is -2.41. The Bertz CT molecular complexity index is 832. The van der Waals surface area contributed by atoms with Crippen LogP contribution in [0.3, 0.4) is 0 Å². The van der Waals surface area contributed by atoms with Crippen LogP contribution in [0.15, 0.2) is 48.6 Å². The molecule has 0 saturated carbocycles. The number of benzene rings is 1. The summed E-state index contributed by atoms with van der Waals surface area (Å²) in [5.41, 5.74) is 8.62. The summed E-state index contributed by atoms with van der Waals surface area (Å²) in [5, 5.41) is 4.02. The number of hydrogen-bond donors (Lipinski definition) is 3. The molecule has 11 heteroatoms. The molecule has 1 aliphatic heterocycles. The number of carbonyl (C=O) groups is 2. The molecule has 2 amide bonds. The minimum absolute atomic E-state index is 0.0845. The summed E-state index contributed by atoms with van der Waals surface area (Å²) in [6.07, 6.45) is 0. The summed E-state index contributed by atoms with van der Waals surface area (Å²) in [6.45, 7) is 0. The highest BCUT2D eigenvalue weighted by molar-refractivity contribution is 8.06. The fourth-order valence-corrected chi connectivity index (χ4v) is 6.96. The minimum Gasteiger partial charge on any atom is -0.298 e. The molecular weight excluding hydrogens is 400 g/mol. The van der Waals surface area contributed by atoms with Crippen molar-refractivity contribution in [1.82, 2.24) is 10.9 Å². The highest BCUT2D eigenvalue weighted by atomic mass is 32.2. The van der Waals surface area contributed by atoms with Gasteiger partial charge in [-0.15, -0.1) is 23.5 Å². The number of rotatable bonds is 3. The third-order valence-corrected chi connectivity index (χ3v) is 8.10. The van der Waals surface area contributed by atoms with Crippen LogP contribution in [-0.4, -0.2) is 29.0 Å². The summed E-state index contributed by atoms with van der Waals surface area (Å²) < 4.78 is 2.06. The predicted octanol–water partition coefficient (Wildman–Crippen LogP) is 1.98. The first-order valence-electron chi connectivity index (χ1n) is 6.98. The number of anilines is 1. The Morgan fingerprint density at radius 2 is 1.60 bits per heavy atom. The van der Waals surface area contributed by atoms with Gasteiger partial charge < -0.3 is 0 Å². The highest BCUT2D eigenvalue weighted by Gasteiger charge is 2.18. The smallest absolute Gasteiger partial charge is 0.298 e. The van der Waals surface area contributed by atoms with Gasteiger partial charge in [-0.25, -0.2) is 5.43 Å². The second-order valence-electron chi connectivity index (χ2n) is 4.67. The Balaban J connectivity index is 1.49. The number of nitrogens with zero attached hydrogens (tertiary/aromatic N) is 1. The molecule has 25 heavy (non-hydrogen) atoms.